The van der Waals surface area contributed by atoms with Crippen molar-refractivity contribution < 1.29 is 17.9 Å². The van der Waals surface area contributed by atoms with Gasteiger partial charge in [-0.3, -0.25) is 4.79 Å². The van der Waals surface area contributed by atoms with Crippen LogP contribution in [0.5, 0.6) is 5.75 Å². The molecule has 0 spiro atoms. The first-order valence-electron chi connectivity index (χ1n) is 5.31. The van der Waals surface area contributed by atoms with Crippen LogP contribution >= 0.6 is 12.4 Å². The van der Waals surface area contributed by atoms with Crippen LogP contribution in [0.2, 0.25) is 0 Å². The monoisotopic (exact) mass is 306 g/mol. The lowest BCUT2D eigenvalue weighted by Gasteiger charge is -2.18. The van der Waals surface area contributed by atoms with E-state index in [4.69, 9.17) is 10.5 Å². The molecule has 1 amide bonds. The molecule has 1 aromatic carbocycles. The number of nitrogens with zero attached hydrogens (tertiary/aromatic N) is 1. The fourth-order valence-corrected chi connectivity index (χ4v) is 2.37. The number of nitrogens with two attached hydrogens (primary N) is 1. The fourth-order valence-electron chi connectivity index (χ4n) is 1.73. The van der Waals surface area contributed by atoms with Crippen LogP contribution in [-0.2, 0) is 14.6 Å². The number of carbonyl (C=O) groups excluding carboxylic acids is 1. The van der Waals surface area contributed by atoms with Gasteiger partial charge in [-0.15, -0.1) is 12.4 Å². The normalized spacial score (nSPS) is 19.0. The number of likely N-dealkylation sites (N-methyl/N-ethyl adjacent to an activating group) is 1. The van der Waals surface area contributed by atoms with E-state index in [-0.39, 0.29) is 29.8 Å². The van der Waals surface area contributed by atoms with Gasteiger partial charge >= 0.3 is 0 Å². The Kier molecular flexibility index (Phi) is 4.44. The number of carbonyl (C=O) groups is 1. The second-order valence-corrected chi connectivity index (χ2v) is 6.23. The number of halogens is 1. The van der Waals surface area contributed by atoms with E-state index in [0.29, 0.717) is 11.4 Å². The van der Waals surface area contributed by atoms with Gasteiger partial charge in [0.15, 0.2) is 9.84 Å². The molecule has 1 aliphatic heterocycles. The lowest BCUT2D eigenvalue weighted by atomic mass is 10.2. The lowest BCUT2D eigenvalue weighted by molar-refractivity contribution is -0.119. The third-order valence-electron chi connectivity index (χ3n) is 2.79. The third-order valence-corrected chi connectivity index (χ3v) is 3.90. The summed E-state index contributed by atoms with van der Waals surface area (Å²) in [5.41, 5.74) is 6.05. The van der Waals surface area contributed by atoms with Gasteiger partial charge in [-0.05, 0) is 18.2 Å². The molecular formula is C11H15ClN2O4S. The molecule has 106 valence electrons. The van der Waals surface area contributed by atoms with Crippen LogP contribution in [0.4, 0.5) is 5.69 Å². The summed E-state index contributed by atoms with van der Waals surface area (Å²) in [5.74, 6) is 0.144. The minimum atomic E-state index is -3.33. The van der Waals surface area contributed by atoms with Gasteiger partial charge in [-0.25, -0.2) is 8.42 Å². The summed E-state index contributed by atoms with van der Waals surface area (Å²) in [6.07, 6.45) is 1.11. The molecule has 1 aromatic rings. The molecule has 0 aliphatic carbocycles. The van der Waals surface area contributed by atoms with Crippen molar-refractivity contribution in [1.29, 1.82) is 0 Å². The van der Waals surface area contributed by atoms with Crippen LogP contribution in [0.15, 0.2) is 23.1 Å². The van der Waals surface area contributed by atoms with Gasteiger partial charge in [0.05, 0.1) is 10.6 Å². The molecule has 0 radical (unpaired) electrons. The molecule has 2 N–H and O–H groups in total. The molecule has 1 aliphatic rings. The Morgan fingerprint density at radius 2 is 2.05 bits per heavy atom. The number of fused-ring (bicyclic) bond motifs is 1. The van der Waals surface area contributed by atoms with Gasteiger partial charge in [-0.2, -0.15) is 0 Å². The highest BCUT2D eigenvalue weighted by Crippen LogP contribution is 2.32. The smallest absolute Gasteiger partial charge is 0.247 e. The molecule has 0 unspecified atom stereocenters. The highest BCUT2D eigenvalue weighted by atomic mass is 35.5. The topological polar surface area (TPSA) is 89.7 Å². The number of sulfone groups is 1. The average molecular weight is 307 g/mol. The van der Waals surface area contributed by atoms with E-state index in [9.17, 15) is 13.2 Å². The van der Waals surface area contributed by atoms with Crippen molar-refractivity contribution in [3.63, 3.8) is 0 Å². The largest absolute Gasteiger partial charge is 0.489 e. The number of ether oxygens (including phenoxy) is 1. The van der Waals surface area contributed by atoms with Crippen molar-refractivity contribution in [2.24, 2.45) is 5.73 Å². The van der Waals surface area contributed by atoms with E-state index in [1.807, 2.05) is 0 Å². The zero-order valence-corrected chi connectivity index (χ0v) is 12.1. The summed E-state index contributed by atoms with van der Waals surface area (Å²) in [6.45, 7) is 0.0778. The van der Waals surface area contributed by atoms with Gasteiger partial charge in [0, 0.05) is 13.3 Å². The molecule has 8 heteroatoms. The number of hydrogen-bond acceptors (Lipinski definition) is 5. The second kappa shape index (κ2) is 5.36. The first-order valence-corrected chi connectivity index (χ1v) is 7.20. The van der Waals surface area contributed by atoms with E-state index < -0.39 is 15.9 Å². The minimum absolute atomic E-state index is 0. The Balaban J connectivity index is 0.00000180. The van der Waals surface area contributed by atoms with E-state index in [1.54, 1.807) is 7.05 Å². The van der Waals surface area contributed by atoms with Gasteiger partial charge in [0.2, 0.25) is 5.91 Å². The Morgan fingerprint density at radius 1 is 1.42 bits per heavy atom. The van der Waals surface area contributed by atoms with Crippen LogP contribution in [-0.4, -0.2) is 40.3 Å². The quantitative estimate of drug-likeness (QED) is 0.800. The van der Waals surface area contributed by atoms with Crippen LogP contribution < -0.4 is 15.4 Å². The summed E-state index contributed by atoms with van der Waals surface area (Å²) in [4.78, 5) is 13.3. The minimum Gasteiger partial charge on any atom is -0.489 e. The Bertz CT molecular complexity index is 603. The molecule has 1 atom stereocenters. The maximum absolute atomic E-state index is 11.8. The molecule has 0 saturated carbocycles. The molecule has 1 heterocycles. The van der Waals surface area contributed by atoms with Crippen molar-refractivity contribution in [2.75, 3.05) is 24.8 Å². The number of benzene rings is 1. The Morgan fingerprint density at radius 3 is 2.63 bits per heavy atom. The van der Waals surface area contributed by atoms with E-state index in [2.05, 4.69) is 0 Å². The summed E-state index contributed by atoms with van der Waals surface area (Å²) in [7, 11) is -1.78. The standard InChI is InChI=1S/C11H14N2O4S.ClH/c1-13-9-5-7(18(2,15)16)3-4-10(9)17-6-8(12)11(13)14;/h3-5,8H,6,12H2,1-2H3;1H/t8-;/m0./s1. The van der Waals surface area contributed by atoms with Crippen LogP contribution in [0.1, 0.15) is 0 Å². The van der Waals surface area contributed by atoms with Crippen molar-refractivity contribution >= 4 is 33.8 Å². The Labute approximate surface area is 117 Å². The summed E-state index contributed by atoms with van der Waals surface area (Å²) >= 11 is 0. The zero-order valence-electron chi connectivity index (χ0n) is 10.5. The number of amides is 1. The van der Waals surface area contributed by atoms with Gasteiger partial charge in [0.25, 0.3) is 0 Å². The highest BCUT2D eigenvalue weighted by Gasteiger charge is 2.27. The predicted molar refractivity (Wildman–Crippen MR) is 73.7 cm³/mol. The van der Waals surface area contributed by atoms with E-state index >= 15 is 0 Å². The summed E-state index contributed by atoms with van der Waals surface area (Å²) < 4.78 is 28.4. The molecular weight excluding hydrogens is 292 g/mol. The van der Waals surface area contributed by atoms with Gasteiger partial charge < -0.3 is 15.4 Å². The highest BCUT2D eigenvalue weighted by molar-refractivity contribution is 7.90. The zero-order chi connectivity index (χ0) is 13.5. The molecule has 2 rings (SSSR count). The van der Waals surface area contributed by atoms with E-state index in [1.165, 1.54) is 23.1 Å². The molecule has 6 nitrogen and oxygen atoms in total. The second-order valence-electron chi connectivity index (χ2n) is 4.22. The molecule has 0 saturated heterocycles. The van der Waals surface area contributed by atoms with Crippen molar-refractivity contribution in [3.05, 3.63) is 18.2 Å². The van der Waals surface area contributed by atoms with Crippen LogP contribution in [0.25, 0.3) is 0 Å². The van der Waals surface area contributed by atoms with Crippen molar-refractivity contribution in [3.8, 4) is 5.75 Å². The molecule has 19 heavy (non-hydrogen) atoms. The summed E-state index contributed by atoms with van der Waals surface area (Å²) in [6, 6.07) is 3.65. The molecule has 0 fully saturated rings. The van der Waals surface area contributed by atoms with Crippen molar-refractivity contribution in [1.82, 2.24) is 0 Å². The number of anilines is 1. The van der Waals surface area contributed by atoms with Gasteiger partial charge in [0.1, 0.15) is 18.4 Å². The van der Waals surface area contributed by atoms with Crippen LogP contribution in [0.3, 0.4) is 0 Å². The maximum atomic E-state index is 11.8. The number of rotatable bonds is 1. The molecule has 0 aromatic heterocycles. The van der Waals surface area contributed by atoms with Crippen molar-refractivity contribution in [2.45, 2.75) is 10.9 Å². The van der Waals surface area contributed by atoms with E-state index in [0.717, 1.165) is 6.26 Å². The van der Waals surface area contributed by atoms with Gasteiger partial charge in [-0.1, -0.05) is 0 Å². The first-order chi connectivity index (χ1) is 8.30. The Hall–Kier alpha value is -1.31. The van der Waals surface area contributed by atoms with Crippen LogP contribution in [0, 0.1) is 0 Å². The predicted octanol–water partition coefficient (Wildman–Crippen LogP) is 0.194. The third kappa shape index (κ3) is 2.99. The average Bonchev–Trinajstić information content (AvgIpc) is 2.41. The summed E-state index contributed by atoms with van der Waals surface area (Å²) in [5, 5.41) is 0. The molecule has 0 bridgehead atoms. The SMILES string of the molecule is CN1C(=O)[C@@H](N)COc2ccc(S(C)(=O)=O)cc21.Cl. The lowest BCUT2D eigenvalue weighted by Crippen LogP contribution is -2.43. The first kappa shape index (κ1) is 15.7. The number of hydrogen-bond donors (Lipinski definition) is 1. The maximum Gasteiger partial charge on any atom is 0.247 e. The fraction of sp³-hybridized carbons (Fsp3) is 0.364.